The molecule has 0 atom stereocenters. The molecule has 0 unspecified atom stereocenters. The molecule has 4 heteroatoms. The van der Waals surface area contributed by atoms with Gasteiger partial charge >= 0.3 is 0 Å². The van der Waals surface area contributed by atoms with Gasteiger partial charge in [-0.25, -0.2) is 0 Å². The Labute approximate surface area is 156 Å². The minimum Gasteiger partial charge on any atom is -0.379 e. The van der Waals surface area contributed by atoms with Gasteiger partial charge in [-0.1, -0.05) is 70.8 Å². The van der Waals surface area contributed by atoms with Gasteiger partial charge in [0.05, 0.1) is 46.2 Å². The van der Waals surface area contributed by atoms with Crippen LogP contribution >= 0.6 is 0 Å². The van der Waals surface area contributed by atoms with E-state index in [1.54, 1.807) is 6.08 Å². The fourth-order valence-corrected chi connectivity index (χ4v) is 2.52. The first-order valence-corrected chi connectivity index (χ1v) is 10.3. The number of unbranched alkanes of at least 4 members (excludes halogenated alkanes) is 9. The van der Waals surface area contributed by atoms with Crippen LogP contribution in [0.1, 0.15) is 71.1 Å². The van der Waals surface area contributed by atoms with Crippen molar-refractivity contribution in [3.8, 4) is 0 Å². The zero-order chi connectivity index (χ0) is 18.3. The van der Waals surface area contributed by atoms with Gasteiger partial charge in [0.25, 0.3) is 0 Å². The van der Waals surface area contributed by atoms with Gasteiger partial charge < -0.3 is 18.9 Å². The zero-order valence-electron chi connectivity index (χ0n) is 16.6. The van der Waals surface area contributed by atoms with Crippen LogP contribution in [-0.4, -0.2) is 52.9 Å². The second-order valence-electron chi connectivity index (χ2n) is 6.38. The maximum Gasteiger partial charge on any atom is 0.0704 e. The fourth-order valence-electron chi connectivity index (χ4n) is 2.52. The topological polar surface area (TPSA) is 36.9 Å². The molecular weight excluding hydrogens is 316 g/mol. The minimum absolute atomic E-state index is 0.580. The highest BCUT2D eigenvalue weighted by molar-refractivity contribution is 4.63. The summed E-state index contributed by atoms with van der Waals surface area (Å²) >= 11 is 0. The van der Waals surface area contributed by atoms with Crippen LogP contribution in [0.3, 0.4) is 0 Å². The van der Waals surface area contributed by atoms with Crippen molar-refractivity contribution in [1.29, 1.82) is 0 Å². The fraction of sp³-hybridized carbons (Fsp3) is 0.905. The normalized spacial score (nSPS) is 11.1. The molecule has 0 saturated carbocycles. The Kier molecular flexibility index (Phi) is 23.2. The summed E-state index contributed by atoms with van der Waals surface area (Å²) in [6.45, 7) is 11.1. The highest BCUT2D eigenvalue weighted by Gasteiger charge is 1.94. The second kappa shape index (κ2) is 23.6. The molecule has 0 amide bonds. The van der Waals surface area contributed by atoms with Gasteiger partial charge in [-0.05, 0) is 6.42 Å². The Morgan fingerprint density at radius 3 is 1.40 bits per heavy atom. The average molecular weight is 359 g/mol. The average Bonchev–Trinajstić information content (AvgIpc) is 2.63. The van der Waals surface area contributed by atoms with E-state index < -0.39 is 0 Å². The van der Waals surface area contributed by atoms with Crippen molar-refractivity contribution in [2.24, 2.45) is 0 Å². The van der Waals surface area contributed by atoms with Gasteiger partial charge in [-0.15, -0.1) is 6.58 Å². The standard InChI is InChI=1S/C21H42O4/c1-3-5-6-7-8-9-10-11-12-13-15-23-17-19-25-21-20-24-18-16-22-14-4-2/h4H,2-3,5-21H2,1H3. The van der Waals surface area contributed by atoms with Crippen molar-refractivity contribution in [2.75, 3.05) is 52.9 Å². The van der Waals surface area contributed by atoms with Gasteiger partial charge in [-0.3, -0.25) is 0 Å². The molecule has 0 rings (SSSR count). The first-order chi connectivity index (χ1) is 12.4. The van der Waals surface area contributed by atoms with Gasteiger partial charge in [0.2, 0.25) is 0 Å². The van der Waals surface area contributed by atoms with Crippen molar-refractivity contribution in [1.82, 2.24) is 0 Å². The van der Waals surface area contributed by atoms with Gasteiger partial charge in [-0.2, -0.15) is 0 Å². The lowest BCUT2D eigenvalue weighted by Crippen LogP contribution is -2.12. The van der Waals surface area contributed by atoms with E-state index in [0.29, 0.717) is 46.2 Å². The van der Waals surface area contributed by atoms with E-state index in [4.69, 9.17) is 18.9 Å². The van der Waals surface area contributed by atoms with Gasteiger partial charge in [0.1, 0.15) is 0 Å². The Hall–Kier alpha value is -0.420. The van der Waals surface area contributed by atoms with E-state index in [-0.39, 0.29) is 0 Å². The van der Waals surface area contributed by atoms with Crippen LogP contribution in [0.15, 0.2) is 12.7 Å². The molecule has 0 aromatic rings. The Morgan fingerprint density at radius 2 is 0.920 bits per heavy atom. The lowest BCUT2D eigenvalue weighted by atomic mass is 10.1. The highest BCUT2D eigenvalue weighted by Crippen LogP contribution is 2.10. The third kappa shape index (κ3) is 23.6. The van der Waals surface area contributed by atoms with Crippen molar-refractivity contribution in [3.63, 3.8) is 0 Å². The third-order valence-electron chi connectivity index (χ3n) is 3.99. The molecule has 0 aromatic heterocycles. The lowest BCUT2D eigenvalue weighted by molar-refractivity contribution is 0.000526. The molecule has 0 aliphatic heterocycles. The number of hydrogen-bond donors (Lipinski definition) is 0. The molecule has 25 heavy (non-hydrogen) atoms. The number of rotatable bonds is 22. The SMILES string of the molecule is C=CCOCCOCCOCCOCCCCCCCCCCCC. The molecule has 0 fully saturated rings. The van der Waals surface area contributed by atoms with Crippen molar-refractivity contribution >= 4 is 0 Å². The molecule has 150 valence electrons. The van der Waals surface area contributed by atoms with E-state index in [2.05, 4.69) is 13.5 Å². The molecule has 0 bridgehead atoms. The molecule has 0 aromatic carbocycles. The van der Waals surface area contributed by atoms with E-state index in [1.807, 2.05) is 0 Å². The first kappa shape index (κ1) is 24.6. The molecular formula is C21H42O4. The van der Waals surface area contributed by atoms with Crippen LogP contribution < -0.4 is 0 Å². The van der Waals surface area contributed by atoms with Gasteiger partial charge in [0.15, 0.2) is 0 Å². The zero-order valence-corrected chi connectivity index (χ0v) is 16.6. The van der Waals surface area contributed by atoms with Crippen LogP contribution in [0.2, 0.25) is 0 Å². The maximum absolute atomic E-state index is 5.58. The lowest BCUT2D eigenvalue weighted by Gasteiger charge is -2.07. The smallest absolute Gasteiger partial charge is 0.0704 e. The Balaban J connectivity index is 2.95. The summed E-state index contributed by atoms with van der Waals surface area (Å²) in [5, 5.41) is 0. The number of hydrogen-bond acceptors (Lipinski definition) is 4. The number of ether oxygens (including phenoxy) is 4. The molecule has 0 saturated heterocycles. The predicted molar refractivity (Wildman–Crippen MR) is 105 cm³/mol. The molecule has 0 spiro atoms. The van der Waals surface area contributed by atoms with Crippen LogP contribution in [0.5, 0.6) is 0 Å². The summed E-state index contributed by atoms with van der Waals surface area (Å²) in [4.78, 5) is 0. The Morgan fingerprint density at radius 1 is 0.520 bits per heavy atom. The largest absolute Gasteiger partial charge is 0.379 e. The first-order valence-electron chi connectivity index (χ1n) is 10.3. The predicted octanol–water partition coefficient (Wildman–Crippen LogP) is 5.16. The van der Waals surface area contributed by atoms with Crippen LogP contribution in [0.4, 0.5) is 0 Å². The van der Waals surface area contributed by atoms with E-state index in [1.165, 1.54) is 64.2 Å². The van der Waals surface area contributed by atoms with Crippen LogP contribution in [0.25, 0.3) is 0 Å². The summed E-state index contributed by atoms with van der Waals surface area (Å²) < 4.78 is 21.6. The third-order valence-corrected chi connectivity index (χ3v) is 3.99. The monoisotopic (exact) mass is 358 g/mol. The molecule has 0 radical (unpaired) electrons. The van der Waals surface area contributed by atoms with Gasteiger partial charge in [0, 0.05) is 6.61 Å². The summed E-state index contributed by atoms with van der Waals surface area (Å²) in [5.74, 6) is 0. The van der Waals surface area contributed by atoms with Crippen molar-refractivity contribution in [3.05, 3.63) is 12.7 Å². The summed E-state index contributed by atoms with van der Waals surface area (Å²) in [6, 6.07) is 0. The van der Waals surface area contributed by atoms with Crippen molar-refractivity contribution in [2.45, 2.75) is 71.1 Å². The van der Waals surface area contributed by atoms with E-state index in [9.17, 15) is 0 Å². The molecule has 4 nitrogen and oxygen atoms in total. The second-order valence-corrected chi connectivity index (χ2v) is 6.38. The Bertz CT molecular complexity index is 246. The van der Waals surface area contributed by atoms with E-state index in [0.717, 1.165) is 6.61 Å². The van der Waals surface area contributed by atoms with E-state index >= 15 is 0 Å². The summed E-state index contributed by atoms with van der Waals surface area (Å²) in [7, 11) is 0. The quantitative estimate of drug-likeness (QED) is 0.198. The molecule has 0 heterocycles. The highest BCUT2D eigenvalue weighted by atomic mass is 16.6. The van der Waals surface area contributed by atoms with Crippen LogP contribution in [0, 0.1) is 0 Å². The molecule has 0 aliphatic carbocycles. The summed E-state index contributed by atoms with van der Waals surface area (Å²) in [5.41, 5.74) is 0. The molecule has 0 N–H and O–H groups in total. The maximum atomic E-state index is 5.58. The molecule has 0 aliphatic rings. The minimum atomic E-state index is 0.580. The van der Waals surface area contributed by atoms with Crippen molar-refractivity contribution < 1.29 is 18.9 Å². The summed E-state index contributed by atoms with van der Waals surface area (Å²) in [6.07, 6.45) is 15.3. The van der Waals surface area contributed by atoms with Crippen LogP contribution in [-0.2, 0) is 18.9 Å².